The Bertz CT molecular complexity index is 587. The summed E-state index contributed by atoms with van der Waals surface area (Å²) in [6.45, 7) is 1.85. The fraction of sp³-hybridized carbons (Fsp3) is 0.833. The summed E-state index contributed by atoms with van der Waals surface area (Å²) in [7, 11) is -4.88. The van der Waals surface area contributed by atoms with Gasteiger partial charge in [0.2, 0.25) is 5.91 Å². The third kappa shape index (κ3) is 20.2. The first kappa shape index (κ1) is 34.9. The minimum absolute atomic E-state index is 0. The molecule has 1 amide bonds. The number of ether oxygens (including phenoxy) is 1. The number of hydrogen-bond donors (Lipinski definition) is 3. The number of carbonyl (C=O) groups excluding carboxylic acids is 2. The van der Waals surface area contributed by atoms with Gasteiger partial charge in [-0.25, -0.2) is 0 Å². The topological polar surface area (TPSA) is 147 Å². The summed E-state index contributed by atoms with van der Waals surface area (Å²) in [6, 6.07) is 0. The molecule has 0 spiro atoms. The quantitative estimate of drug-likeness (QED) is 0.126. The third-order valence-electron chi connectivity index (χ3n) is 4.16. The Morgan fingerprint density at radius 1 is 0.933 bits per heavy atom. The van der Waals surface area contributed by atoms with Crippen molar-refractivity contribution in [2.75, 3.05) is 13.2 Å². The van der Waals surface area contributed by atoms with Gasteiger partial charge in [0.05, 0.1) is 13.0 Å². The summed E-state index contributed by atoms with van der Waals surface area (Å²) in [5.41, 5.74) is 0. The van der Waals surface area contributed by atoms with E-state index in [9.17, 15) is 22.8 Å². The maximum Gasteiger partial charge on any atom is 0.327 e. The van der Waals surface area contributed by atoms with Crippen LogP contribution in [-0.4, -0.2) is 113 Å². The number of unbranched alkanes of at least 4 members (excludes halogenated alkanes) is 8. The van der Waals surface area contributed by atoms with Crippen LogP contribution in [0.1, 0.15) is 77.6 Å². The number of esters is 1. The summed E-state index contributed by atoms with van der Waals surface area (Å²) in [6.07, 6.45) is 9.56. The van der Waals surface area contributed by atoms with Crippen molar-refractivity contribution in [3.05, 3.63) is 0 Å². The van der Waals surface area contributed by atoms with Crippen molar-refractivity contribution in [1.82, 2.24) is 5.32 Å². The minimum Gasteiger partial charge on any atom is -0.481 e. The molecule has 0 aromatic heterocycles. The van der Waals surface area contributed by atoms with Crippen LogP contribution in [-0.2, 0) is 29.2 Å². The molecule has 1 unspecified atom stereocenters. The van der Waals surface area contributed by atoms with Crippen LogP contribution in [0.15, 0.2) is 0 Å². The van der Waals surface area contributed by atoms with Crippen LogP contribution in [0.2, 0.25) is 0 Å². The SMILES string of the molecule is CCCCCCCCCCCC(=O)NCCOC(=O)C(CC(=O)O)S(=O)(=O)O.[Na].[Na]. The zero-order chi connectivity index (χ0) is 21.4. The van der Waals surface area contributed by atoms with Crippen molar-refractivity contribution in [1.29, 1.82) is 0 Å². The second kappa shape index (κ2) is 21.2. The fourth-order valence-corrected chi connectivity index (χ4v) is 3.25. The first-order valence-electron chi connectivity index (χ1n) is 9.80. The zero-order valence-electron chi connectivity index (χ0n) is 18.5. The molecule has 0 aliphatic carbocycles. The molecule has 0 aromatic carbocycles. The molecule has 0 rings (SSSR count). The predicted molar refractivity (Wildman–Crippen MR) is 115 cm³/mol. The molecule has 1 atom stereocenters. The van der Waals surface area contributed by atoms with E-state index < -0.39 is 33.7 Å². The van der Waals surface area contributed by atoms with Gasteiger partial charge in [-0.15, -0.1) is 0 Å². The first-order valence-corrected chi connectivity index (χ1v) is 11.3. The summed E-state index contributed by atoms with van der Waals surface area (Å²) in [5.74, 6) is -3.12. The van der Waals surface area contributed by atoms with Gasteiger partial charge in [-0.3, -0.25) is 18.9 Å². The second-order valence-corrected chi connectivity index (χ2v) is 8.30. The Morgan fingerprint density at radius 3 is 1.90 bits per heavy atom. The van der Waals surface area contributed by atoms with Gasteiger partial charge in [0, 0.05) is 65.5 Å². The Hall–Kier alpha value is 0.320. The van der Waals surface area contributed by atoms with Crippen molar-refractivity contribution in [3.8, 4) is 0 Å². The van der Waals surface area contributed by atoms with E-state index in [0.29, 0.717) is 6.42 Å². The summed E-state index contributed by atoms with van der Waals surface area (Å²) < 4.78 is 35.6. The standard InChI is InChI=1S/C18H33NO8S.2Na/c1-2-3-4-5-6-7-8-9-10-11-16(20)19-12-13-27-18(23)15(14-17(21)22)28(24,25)26;;/h15H,2-14H2,1H3,(H,19,20)(H,21,22)(H,24,25,26);;. The molecule has 0 aromatic rings. The van der Waals surface area contributed by atoms with E-state index in [0.717, 1.165) is 19.3 Å². The molecule has 0 aliphatic heterocycles. The van der Waals surface area contributed by atoms with Gasteiger partial charge in [-0.05, 0) is 6.42 Å². The Labute approximate surface area is 223 Å². The molecule has 3 N–H and O–H groups in total. The van der Waals surface area contributed by atoms with E-state index >= 15 is 0 Å². The van der Waals surface area contributed by atoms with E-state index in [-0.39, 0.29) is 78.2 Å². The maximum absolute atomic E-state index is 11.7. The van der Waals surface area contributed by atoms with Crippen LogP contribution in [0.25, 0.3) is 0 Å². The molecule has 0 fully saturated rings. The molecule has 30 heavy (non-hydrogen) atoms. The van der Waals surface area contributed by atoms with Crippen molar-refractivity contribution < 1.29 is 37.2 Å². The van der Waals surface area contributed by atoms with Crippen LogP contribution in [0.5, 0.6) is 0 Å². The number of amides is 1. The van der Waals surface area contributed by atoms with Crippen molar-refractivity contribution in [2.24, 2.45) is 0 Å². The monoisotopic (exact) mass is 469 g/mol. The van der Waals surface area contributed by atoms with Crippen LogP contribution in [0.4, 0.5) is 0 Å². The molecule has 166 valence electrons. The van der Waals surface area contributed by atoms with E-state index in [1.165, 1.54) is 38.5 Å². The smallest absolute Gasteiger partial charge is 0.327 e. The minimum atomic E-state index is -4.88. The summed E-state index contributed by atoms with van der Waals surface area (Å²) in [5, 5.41) is 8.94. The molecular weight excluding hydrogens is 436 g/mol. The molecule has 0 saturated heterocycles. The van der Waals surface area contributed by atoms with Gasteiger partial charge >= 0.3 is 11.9 Å². The van der Waals surface area contributed by atoms with Gasteiger partial charge in [0.15, 0.2) is 5.25 Å². The fourth-order valence-electron chi connectivity index (χ4n) is 2.59. The van der Waals surface area contributed by atoms with Gasteiger partial charge in [-0.2, -0.15) is 8.42 Å². The zero-order valence-corrected chi connectivity index (χ0v) is 23.3. The number of carboxylic acid groups (broad SMARTS) is 1. The van der Waals surface area contributed by atoms with E-state index in [1.807, 2.05) is 0 Å². The molecule has 0 saturated carbocycles. The van der Waals surface area contributed by atoms with Crippen LogP contribution >= 0.6 is 0 Å². The van der Waals surface area contributed by atoms with Crippen LogP contribution in [0, 0.1) is 0 Å². The predicted octanol–water partition coefficient (Wildman–Crippen LogP) is 1.54. The van der Waals surface area contributed by atoms with Gasteiger partial charge in [-0.1, -0.05) is 58.3 Å². The van der Waals surface area contributed by atoms with E-state index in [2.05, 4.69) is 17.0 Å². The second-order valence-electron chi connectivity index (χ2n) is 6.70. The van der Waals surface area contributed by atoms with Gasteiger partial charge < -0.3 is 15.2 Å². The van der Waals surface area contributed by atoms with Gasteiger partial charge in [0.25, 0.3) is 10.1 Å². The van der Waals surface area contributed by atoms with Crippen molar-refractivity contribution >= 4 is 87.1 Å². The molecule has 2 radical (unpaired) electrons. The molecule has 0 heterocycles. The van der Waals surface area contributed by atoms with E-state index in [4.69, 9.17) is 9.66 Å². The number of carboxylic acids is 1. The van der Waals surface area contributed by atoms with Crippen molar-refractivity contribution in [3.63, 3.8) is 0 Å². The Kier molecular flexibility index (Phi) is 24.7. The summed E-state index contributed by atoms with van der Waals surface area (Å²) >= 11 is 0. The first-order chi connectivity index (χ1) is 13.2. The molecule has 9 nitrogen and oxygen atoms in total. The molecule has 0 bridgehead atoms. The largest absolute Gasteiger partial charge is 0.481 e. The summed E-state index contributed by atoms with van der Waals surface area (Å²) in [4.78, 5) is 33.8. The average Bonchev–Trinajstić information content (AvgIpc) is 2.60. The number of hydrogen-bond acceptors (Lipinski definition) is 6. The third-order valence-corrected chi connectivity index (χ3v) is 5.24. The Morgan fingerprint density at radius 2 is 1.43 bits per heavy atom. The van der Waals surface area contributed by atoms with Gasteiger partial charge in [0.1, 0.15) is 6.61 Å². The molecule has 12 heteroatoms. The normalized spacial score (nSPS) is 11.5. The Balaban J connectivity index is -0.00000364. The average molecular weight is 470 g/mol. The number of nitrogens with one attached hydrogen (secondary N) is 1. The van der Waals surface area contributed by atoms with E-state index in [1.54, 1.807) is 0 Å². The molecule has 0 aliphatic rings. The molecular formula is C18H33NNa2O8S. The number of rotatable bonds is 17. The number of carbonyl (C=O) groups is 3. The van der Waals surface area contributed by atoms with Crippen LogP contribution < -0.4 is 5.32 Å². The maximum atomic E-state index is 11.7. The van der Waals surface area contributed by atoms with Crippen LogP contribution in [0.3, 0.4) is 0 Å². The number of aliphatic carboxylic acids is 1. The van der Waals surface area contributed by atoms with Crippen molar-refractivity contribution in [2.45, 2.75) is 82.8 Å².